The molecule has 0 aromatic carbocycles. The van der Waals surface area contributed by atoms with Gasteiger partial charge in [-0.15, -0.1) is 0 Å². The largest absolute Gasteiger partial charge is 0.466 e. The molecular weight excluding hydrogens is 1040 g/mol. The third-order valence-corrected chi connectivity index (χ3v) is 18.2. The normalized spacial score (nSPS) is 12.7. The van der Waals surface area contributed by atoms with E-state index in [4.69, 9.17) is 4.74 Å². The Kier molecular flexibility index (Phi) is 72.9. The highest BCUT2D eigenvalue weighted by atomic mass is 16.5. The van der Waals surface area contributed by atoms with Gasteiger partial charge in [-0.3, -0.25) is 9.59 Å². The van der Waals surface area contributed by atoms with Crippen LogP contribution in [0.15, 0.2) is 36.5 Å². The van der Waals surface area contributed by atoms with E-state index in [-0.39, 0.29) is 18.5 Å². The van der Waals surface area contributed by atoms with Crippen molar-refractivity contribution in [2.24, 2.45) is 0 Å². The quantitative estimate of drug-likeness (QED) is 0.0320. The number of carbonyl (C=O) groups is 2. The third-order valence-electron chi connectivity index (χ3n) is 18.2. The molecule has 0 heterocycles. The minimum absolute atomic E-state index is 0.0171. The monoisotopic (exact) mass is 1190 g/mol. The number of carbonyl (C=O) groups excluding carboxylic acids is 2. The van der Waals surface area contributed by atoms with Crippen molar-refractivity contribution in [3.05, 3.63) is 36.5 Å². The molecule has 3 N–H and O–H groups in total. The average molecular weight is 1200 g/mol. The molecule has 0 radical (unpaired) electrons. The number of amides is 1. The highest BCUT2D eigenvalue weighted by molar-refractivity contribution is 5.76. The number of hydrogen-bond donors (Lipinski definition) is 3. The molecule has 502 valence electrons. The van der Waals surface area contributed by atoms with Crippen molar-refractivity contribution in [2.45, 2.75) is 443 Å². The van der Waals surface area contributed by atoms with Crippen molar-refractivity contribution in [3.63, 3.8) is 0 Å². The molecule has 0 saturated carbocycles. The van der Waals surface area contributed by atoms with Crippen LogP contribution in [0.1, 0.15) is 431 Å². The number of allylic oxidation sites excluding steroid dienone is 5. The van der Waals surface area contributed by atoms with Crippen LogP contribution in [0, 0.1) is 0 Å². The number of ether oxygens (including phenoxy) is 1. The highest BCUT2D eigenvalue weighted by Gasteiger charge is 2.18. The lowest BCUT2D eigenvalue weighted by Crippen LogP contribution is -2.45. The maximum Gasteiger partial charge on any atom is 0.305 e. The van der Waals surface area contributed by atoms with Gasteiger partial charge in [0.25, 0.3) is 0 Å². The fourth-order valence-corrected chi connectivity index (χ4v) is 12.3. The Labute approximate surface area is 532 Å². The Bertz CT molecular complexity index is 1380. The molecule has 6 heteroatoms. The fourth-order valence-electron chi connectivity index (χ4n) is 12.3. The summed E-state index contributed by atoms with van der Waals surface area (Å²) >= 11 is 0. The van der Waals surface area contributed by atoms with Gasteiger partial charge in [0.2, 0.25) is 5.91 Å². The van der Waals surface area contributed by atoms with Crippen LogP contribution in [0.4, 0.5) is 0 Å². The molecule has 0 aliphatic heterocycles. The van der Waals surface area contributed by atoms with Gasteiger partial charge in [-0.2, -0.15) is 0 Å². The minimum atomic E-state index is -0.845. The van der Waals surface area contributed by atoms with Crippen molar-refractivity contribution in [3.8, 4) is 0 Å². The predicted molar refractivity (Wildman–Crippen MR) is 375 cm³/mol. The lowest BCUT2D eigenvalue weighted by molar-refractivity contribution is -0.143. The van der Waals surface area contributed by atoms with Gasteiger partial charge >= 0.3 is 5.97 Å². The second-order valence-electron chi connectivity index (χ2n) is 26.7. The predicted octanol–water partition coefficient (Wildman–Crippen LogP) is 25.4. The molecule has 0 aliphatic rings. The van der Waals surface area contributed by atoms with Crippen molar-refractivity contribution in [2.75, 3.05) is 13.2 Å². The summed E-state index contributed by atoms with van der Waals surface area (Å²) in [6.07, 6.45) is 96.8. The Morgan fingerprint density at radius 2 is 0.588 bits per heavy atom. The molecule has 0 saturated heterocycles. The molecular formula is C79H151NO5. The van der Waals surface area contributed by atoms with Gasteiger partial charge in [-0.1, -0.05) is 391 Å². The second kappa shape index (κ2) is 74.5. The number of unbranched alkanes of at least 4 members (excludes halogenated alkanes) is 58. The van der Waals surface area contributed by atoms with Crippen LogP contribution >= 0.6 is 0 Å². The molecule has 0 bridgehead atoms. The first kappa shape index (κ1) is 83.1. The van der Waals surface area contributed by atoms with Crippen LogP contribution in [-0.2, 0) is 14.3 Å². The highest BCUT2D eigenvalue weighted by Crippen LogP contribution is 2.19. The van der Waals surface area contributed by atoms with Gasteiger partial charge in [0.1, 0.15) is 0 Å². The van der Waals surface area contributed by atoms with E-state index in [1.165, 1.54) is 360 Å². The minimum Gasteiger partial charge on any atom is -0.466 e. The van der Waals surface area contributed by atoms with Gasteiger partial charge in [0.05, 0.1) is 25.4 Å². The van der Waals surface area contributed by atoms with E-state index in [0.29, 0.717) is 19.4 Å². The summed E-state index contributed by atoms with van der Waals surface area (Å²) in [5, 5.41) is 23.3. The number of esters is 1. The van der Waals surface area contributed by atoms with E-state index in [1.54, 1.807) is 6.08 Å². The zero-order valence-corrected chi connectivity index (χ0v) is 57.6. The SMILES string of the molecule is CCCCCCCCCCCCCCCCCCCCC/C=C/C(O)C(CO)NC(=O)CCCCCCCCCCCCCCCCC/C=C\C/C=C\CCCCCCCCCCCOC(=O)CCCCCCCCCCCCCCCCCC. The van der Waals surface area contributed by atoms with Gasteiger partial charge in [0.15, 0.2) is 0 Å². The summed E-state index contributed by atoms with van der Waals surface area (Å²) in [4.78, 5) is 24.6. The van der Waals surface area contributed by atoms with Crippen molar-refractivity contribution < 1.29 is 24.5 Å². The Balaban J connectivity index is 3.40. The summed E-state index contributed by atoms with van der Waals surface area (Å²) in [6, 6.07) is -0.629. The van der Waals surface area contributed by atoms with Crippen molar-refractivity contribution in [1.29, 1.82) is 0 Å². The van der Waals surface area contributed by atoms with E-state index in [9.17, 15) is 19.8 Å². The molecule has 0 fully saturated rings. The van der Waals surface area contributed by atoms with Gasteiger partial charge in [0, 0.05) is 12.8 Å². The third kappa shape index (κ3) is 71.0. The summed E-state index contributed by atoms with van der Waals surface area (Å²) in [6.45, 7) is 4.95. The Hall–Kier alpha value is -1.92. The van der Waals surface area contributed by atoms with Crippen LogP contribution < -0.4 is 5.32 Å². The average Bonchev–Trinajstić information content (AvgIpc) is 3.50. The zero-order chi connectivity index (χ0) is 61.3. The maximum atomic E-state index is 12.5. The molecule has 6 nitrogen and oxygen atoms in total. The van der Waals surface area contributed by atoms with E-state index in [1.807, 2.05) is 6.08 Å². The number of hydrogen-bond acceptors (Lipinski definition) is 5. The van der Waals surface area contributed by atoms with Gasteiger partial charge in [-0.25, -0.2) is 0 Å². The van der Waals surface area contributed by atoms with Gasteiger partial charge in [-0.05, 0) is 64.2 Å². The van der Waals surface area contributed by atoms with E-state index in [0.717, 1.165) is 44.9 Å². The van der Waals surface area contributed by atoms with Crippen LogP contribution in [0.5, 0.6) is 0 Å². The van der Waals surface area contributed by atoms with Crippen molar-refractivity contribution >= 4 is 11.9 Å². The molecule has 2 unspecified atom stereocenters. The fraction of sp³-hybridized carbons (Fsp3) is 0.899. The lowest BCUT2D eigenvalue weighted by Gasteiger charge is -2.20. The number of rotatable bonds is 73. The maximum absolute atomic E-state index is 12.5. The lowest BCUT2D eigenvalue weighted by atomic mass is 10.0. The summed E-state index contributed by atoms with van der Waals surface area (Å²) < 4.78 is 5.50. The first-order chi connectivity index (χ1) is 42.0. The van der Waals surface area contributed by atoms with Crippen LogP contribution in [-0.4, -0.2) is 47.4 Å². The summed E-state index contributed by atoms with van der Waals surface area (Å²) in [5.74, 6) is -0.0460. The standard InChI is InChI=1S/C79H151NO5/c1-3-5-7-9-11-13-15-17-19-21-22-34-37-40-43-47-51-55-59-63-67-71-77(82)76(75-81)80-78(83)72-68-64-60-56-52-48-44-41-38-35-32-30-28-26-24-23-25-27-29-31-33-36-39-42-46-50-54-58-62-66-70-74-85-79(84)73-69-65-61-57-53-49-45-20-18-16-14-12-10-8-6-4-2/h25,27,31,33,67,71,76-77,81-82H,3-24,26,28-30,32,34-66,68-70,72-75H2,1-2H3,(H,80,83)/b27-25-,33-31-,71-67+. The molecule has 85 heavy (non-hydrogen) atoms. The smallest absolute Gasteiger partial charge is 0.305 e. The molecule has 2 atom stereocenters. The Morgan fingerprint density at radius 1 is 0.329 bits per heavy atom. The molecule has 0 spiro atoms. The molecule has 1 amide bonds. The Morgan fingerprint density at radius 3 is 0.894 bits per heavy atom. The summed E-state index contributed by atoms with van der Waals surface area (Å²) in [5.41, 5.74) is 0. The van der Waals surface area contributed by atoms with Crippen LogP contribution in [0.3, 0.4) is 0 Å². The second-order valence-corrected chi connectivity index (χ2v) is 26.7. The number of aliphatic hydroxyl groups is 2. The first-order valence-electron chi connectivity index (χ1n) is 38.8. The van der Waals surface area contributed by atoms with Crippen LogP contribution in [0.2, 0.25) is 0 Å². The first-order valence-corrected chi connectivity index (χ1v) is 38.8. The summed E-state index contributed by atoms with van der Waals surface area (Å²) in [7, 11) is 0. The number of aliphatic hydroxyl groups excluding tert-OH is 2. The van der Waals surface area contributed by atoms with E-state index >= 15 is 0 Å². The van der Waals surface area contributed by atoms with Gasteiger partial charge < -0.3 is 20.3 Å². The molecule has 0 aromatic rings. The number of nitrogens with one attached hydrogen (secondary N) is 1. The van der Waals surface area contributed by atoms with Crippen LogP contribution in [0.25, 0.3) is 0 Å². The van der Waals surface area contributed by atoms with Crippen molar-refractivity contribution in [1.82, 2.24) is 5.32 Å². The topological polar surface area (TPSA) is 95.9 Å². The molecule has 0 aromatic heterocycles. The molecule has 0 rings (SSSR count). The molecule has 0 aliphatic carbocycles. The zero-order valence-electron chi connectivity index (χ0n) is 57.6. The van der Waals surface area contributed by atoms with E-state index in [2.05, 4.69) is 43.5 Å². The van der Waals surface area contributed by atoms with E-state index < -0.39 is 12.1 Å².